The van der Waals surface area contributed by atoms with E-state index in [9.17, 15) is 0 Å². The first kappa shape index (κ1) is 8.69. The Balaban J connectivity index is 2.68. The van der Waals surface area contributed by atoms with Gasteiger partial charge in [0.2, 0.25) is 0 Å². The van der Waals surface area contributed by atoms with Gasteiger partial charge in [0.05, 0.1) is 2.83 Å². The minimum Gasteiger partial charge on any atom is -0.0928 e. The second kappa shape index (κ2) is 5.82. The molecule has 0 aliphatic rings. The first-order valence-corrected chi connectivity index (χ1v) is 5.39. The SMILES string of the molecule is BrCCCC(Br)I. The zero-order chi connectivity index (χ0) is 5.70. The van der Waals surface area contributed by atoms with Crippen molar-refractivity contribution in [3.05, 3.63) is 0 Å². The number of alkyl halides is 3. The van der Waals surface area contributed by atoms with Gasteiger partial charge in [-0.05, 0) is 12.8 Å². The predicted molar refractivity (Wildman–Crippen MR) is 49.8 cm³/mol. The van der Waals surface area contributed by atoms with Crippen LogP contribution in [0.3, 0.4) is 0 Å². The molecule has 3 heteroatoms. The van der Waals surface area contributed by atoms with Crippen LogP contribution >= 0.6 is 54.5 Å². The molecule has 0 aromatic heterocycles. The number of rotatable bonds is 3. The van der Waals surface area contributed by atoms with Crippen LogP contribution in [-0.4, -0.2) is 8.16 Å². The normalized spacial score (nSPS) is 14.1. The summed E-state index contributed by atoms with van der Waals surface area (Å²) >= 11 is 9.16. The van der Waals surface area contributed by atoms with Gasteiger partial charge >= 0.3 is 0 Å². The summed E-state index contributed by atoms with van der Waals surface area (Å²) in [4.78, 5) is 0. The van der Waals surface area contributed by atoms with Crippen LogP contribution in [-0.2, 0) is 0 Å². The lowest BCUT2D eigenvalue weighted by Gasteiger charge is -1.94. The van der Waals surface area contributed by atoms with E-state index in [1.54, 1.807) is 0 Å². The van der Waals surface area contributed by atoms with Gasteiger partial charge in [-0.1, -0.05) is 54.5 Å². The Labute approximate surface area is 74.8 Å². The summed E-state index contributed by atoms with van der Waals surface area (Å²) in [5.74, 6) is 0. The molecule has 0 aromatic rings. The summed E-state index contributed by atoms with van der Waals surface area (Å²) in [6.45, 7) is 0. The van der Waals surface area contributed by atoms with Crippen LogP contribution < -0.4 is 0 Å². The zero-order valence-electron chi connectivity index (χ0n) is 3.83. The van der Waals surface area contributed by atoms with Crippen LogP contribution in [0, 0.1) is 0 Å². The topological polar surface area (TPSA) is 0 Å². The van der Waals surface area contributed by atoms with E-state index in [1.807, 2.05) is 0 Å². The Morgan fingerprint density at radius 2 is 2.14 bits per heavy atom. The Hall–Kier alpha value is 1.69. The standard InChI is InChI=1S/C4H7Br2I/c5-3-1-2-4(6)7/h4H,1-3H2. The molecule has 0 N–H and O–H groups in total. The van der Waals surface area contributed by atoms with Crippen molar-refractivity contribution >= 4 is 54.5 Å². The van der Waals surface area contributed by atoms with E-state index in [-0.39, 0.29) is 0 Å². The first-order chi connectivity index (χ1) is 3.27. The summed E-state index contributed by atoms with van der Waals surface area (Å²) in [6, 6.07) is 0. The first-order valence-electron chi connectivity index (χ1n) is 2.11. The minimum atomic E-state index is 0.655. The maximum absolute atomic E-state index is 3.44. The van der Waals surface area contributed by atoms with Gasteiger partial charge in [-0.3, -0.25) is 0 Å². The highest BCUT2D eigenvalue weighted by Crippen LogP contribution is 2.15. The van der Waals surface area contributed by atoms with Gasteiger partial charge in [0.15, 0.2) is 0 Å². The molecule has 1 unspecified atom stereocenters. The highest BCUT2D eigenvalue weighted by Gasteiger charge is 1.93. The lowest BCUT2D eigenvalue weighted by molar-refractivity contribution is 0.906. The van der Waals surface area contributed by atoms with Gasteiger partial charge in [-0.25, -0.2) is 0 Å². The van der Waals surface area contributed by atoms with E-state index < -0.39 is 0 Å². The quantitative estimate of drug-likeness (QED) is 0.546. The molecular weight excluding hydrogens is 335 g/mol. The van der Waals surface area contributed by atoms with Crippen LogP contribution in [0.15, 0.2) is 0 Å². The summed E-state index contributed by atoms with van der Waals surface area (Å²) in [5, 5.41) is 1.12. The van der Waals surface area contributed by atoms with Crippen molar-refractivity contribution in [3.63, 3.8) is 0 Å². The van der Waals surface area contributed by atoms with E-state index in [4.69, 9.17) is 0 Å². The monoisotopic (exact) mass is 340 g/mol. The third kappa shape index (κ3) is 7.69. The molecule has 0 fully saturated rings. The van der Waals surface area contributed by atoms with Gasteiger partial charge < -0.3 is 0 Å². The van der Waals surface area contributed by atoms with Gasteiger partial charge in [-0.15, -0.1) is 0 Å². The van der Waals surface area contributed by atoms with E-state index in [0.29, 0.717) is 2.83 Å². The highest BCUT2D eigenvalue weighted by atomic mass is 127. The Kier molecular flexibility index (Phi) is 7.23. The zero-order valence-corrected chi connectivity index (χ0v) is 9.16. The number of hydrogen-bond acceptors (Lipinski definition) is 0. The molecule has 0 saturated carbocycles. The molecule has 7 heavy (non-hydrogen) atoms. The van der Waals surface area contributed by atoms with Crippen molar-refractivity contribution in [2.24, 2.45) is 0 Å². The van der Waals surface area contributed by atoms with Gasteiger partial charge in [-0.2, -0.15) is 0 Å². The summed E-state index contributed by atoms with van der Waals surface area (Å²) in [6.07, 6.45) is 2.52. The Bertz CT molecular complexity index is 38.7. The van der Waals surface area contributed by atoms with E-state index >= 15 is 0 Å². The second-order valence-electron chi connectivity index (χ2n) is 1.22. The molecule has 0 bridgehead atoms. The lowest BCUT2D eigenvalue weighted by Crippen LogP contribution is -1.83. The average Bonchev–Trinajstić information content (AvgIpc) is 1.61. The molecule has 44 valence electrons. The maximum Gasteiger partial charge on any atom is 0.0662 e. The Morgan fingerprint density at radius 3 is 2.29 bits per heavy atom. The molecule has 0 nitrogen and oxygen atoms in total. The fourth-order valence-electron chi connectivity index (χ4n) is 0.231. The van der Waals surface area contributed by atoms with Crippen molar-refractivity contribution < 1.29 is 0 Å². The van der Waals surface area contributed by atoms with Gasteiger partial charge in [0.25, 0.3) is 0 Å². The molecule has 1 atom stereocenters. The molecule has 0 aromatic carbocycles. The van der Waals surface area contributed by atoms with Crippen molar-refractivity contribution in [2.75, 3.05) is 5.33 Å². The van der Waals surface area contributed by atoms with Crippen LogP contribution in [0.4, 0.5) is 0 Å². The van der Waals surface area contributed by atoms with Gasteiger partial charge in [0.1, 0.15) is 0 Å². The third-order valence-corrected chi connectivity index (χ3v) is 2.20. The summed E-state index contributed by atoms with van der Waals surface area (Å²) < 4.78 is 0.655. The van der Waals surface area contributed by atoms with Crippen LogP contribution in [0.5, 0.6) is 0 Å². The van der Waals surface area contributed by atoms with E-state index in [2.05, 4.69) is 54.5 Å². The molecule has 0 rings (SSSR count). The number of halogens is 3. The fourth-order valence-corrected chi connectivity index (χ4v) is 1.32. The van der Waals surface area contributed by atoms with E-state index in [0.717, 1.165) is 5.33 Å². The van der Waals surface area contributed by atoms with Crippen LogP contribution in [0.25, 0.3) is 0 Å². The minimum absolute atomic E-state index is 0.655. The molecule has 0 aliphatic carbocycles. The highest BCUT2D eigenvalue weighted by molar-refractivity contribution is 14.1. The van der Waals surface area contributed by atoms with Crippen molar-refractivity contribution in [1.82, 2.24) is 0 Å². The molecule has 0 aliphatic heterocycles. The molecule has 0 amide bonds. The summed E-state index contributed by atoms with van der Waals surface area (Å²) in [5.41, 5.74) is 0. The van der Waals surface area contributed by atoms with Crippen molar-refractivity contribution in [2.45, 2.75) is 15.7 Å². The van der Waals surface area contributed by atoms with Crippen LogP contribution in [0.1, 0.15) is 12.8 Å². The fraction of sp³-hybridized carbons (Fsp3) is 1.00. The molecule has 0 heterocycles. The molecule has 0 saturated heterocycles. The molecule has 0 spiro atoms. The largest absolute Gasteiger partial charge is 0.0928 e. The smallest absolute Gasteiger partial charge is 0.0662 e. The van der Waals surface area contributed by atoms with Crippen LogP contribution in [0.2, 0.25) is 0 Å². The van der Waals surface area contributed by atoms with Crippen molar-refractivity contribution in [3.8, 4) is 0 Å². The average molecular weight is 342 g/mol. The number of hydrogen-bond donors (Lipinski definition) is 0. The second-order valence-corrected chi connectivity index (χ2v) is 6.34. The third-order valence-electron chi connectivity index (χ3n) is 0.556. The van der Waals surface area contributed by atoms with Crippen molar-refractivity contribution in [1.29, 1.82) is 0 Å². The van der Waals surface area contributed by atoms with Gasteiger partial charge in [0, 0.05) is 5.33 Å². The predicted octanol–water partition coefficient (Wildman–Crippen LogP) is 3.32. The Morgan fingerprint density at radius 1 is 1.57 bits per heavy atom. The maximum atomic E-state index is 3.44. The molecule has 0 radical (unpaired) electrons. The lowest BCUT2D eigenvalue weighted by atomic mass is 10.4. The summed E-state index contributed by atoms with van der Waals surface area (Å²) in [7, 11) is 0. The van der Waals surface area contributed by atoms with E-state index in [1.165, 1.54) is 12.8 Å². The molecular formula is C4H7Br2I.